The van der Waals surface area contributed by atoms with E-state index in [1.54, 1.807) is 0 Å². The lowest BCUT2D eigenvalue weighted by molar-refractivity contribution is 0.0893. The summed E-state index contributed by atoms with van der Waals surface area (Å²) in [5, 5.41) is 16.4. The van der Waals surface area contributed by atoms with Crippen LogP contribution >= 0.6 is 0 Å². The van der Waals surface area contributed by atoms with Crippen LogP contribution < -0.4 is 4.90 Å². The van der Waals surface area contributed by atoms with Crippen LogP contribution in [0.4, 0.5) is 5.69 Å². The molecule has 1 aliphatic carbocycles. The van der Waals surface area contributed by atoms with Gasteiger partial charge >= 0.3 is 0 Å². The molecule has 0 unspecified atom stereocenters. The van der Waals surface area contributed by atoms with Crippen molar-refractivity contribution in [3.05, 3.63) is 139 Å². The minimum Gasteiger partial charge on any atom is -0.268 e. The normalized spacial score (nSPS) is 14.0. The van der Waals surface area contributed by atoms with Gasteiger partial charge in [0.25, 0.3) is 11.8 Å². The van der Waals surface area contributed by atoms with E-state index < -0.39 is 0 Å². The quantitative estimate of drug-likeness (QED) is 0.108. The average Bonchev–Trinajstić information content (AvgIpc) is 3.45. The molecule has 214 valence electrons. The highest BCUT2D eigenvalue weighted by molar-refractivity contribution is 6.46. The lowest BCUT2D eigenvalue weighted by Gasteiger charge is -2.28. The van der Waals surface area contributed by atoms with Crippen LogP contribution in [-0.4, -0.2) is 11.8 Å². The van der Waals surface area contributed by atoms with E-state index in [1.807, 2.05) is 42.5 Å². The van der Waals surface area contributed by atoms with Gasteiger partial charge in [0.05, 0.1) is 5.69 Å². The van der Waals surface area contributed by atoms with Crippen LogP contribution in [0.15, 0.2) is 127 Å². The molecule has 10 aromatic carbocycles. The van der Waals surface area contributed by atoms with Gasteiger partial charge in [0.15, 0.2) is 0 Å². The summed E-state index contributed by atoms with van der Waals surface area (Å²) in [6.45, 7) is 0. The molecule has 12 rings (SSSR count). The van der Waals surface area contributed by atoms with Gasteiger partial charge < -0.3 is 0 Å². The van der Waals surface area contributed by atoms with Crippen LogP contribution in [-0.2, 0) is 0 Å². The molecule has 0 saturated heterocycles. The molecule has 0 N–H and O–H groups in total. The van der Waals surface area contributed by atoms with E-state index in [-0.39, 0.29) is 11.8 Å². The fourth-order valence-corrected chi connectivity index (χ4v) is 9.19. The molecule has 2 amide bonds. The predicted octanol–water partition coefficient (Wildman–Crippen LogP) is 11.1. The lowest BCUT2D eigenvalue weighted by Crippen LogP contribution is -2.40. The third-order valence-corrected chi connectivity index (χ3v) is 11.0. The summed E-state index contributed by atoms with van der Waals surface area (Å²) in [5.74, 6) is -0.562. The molecule has 0 spiro atoms. The molecule has 0 saturated carbocycles. The molecule has 0 bridgehead atoms. The van der Waals surface area contributed by atoms with E-state index in [4.69, 9.17) is 0 Å². The smallest absolute Gasteiger partial charge is 0.265 e. The van der Waals surface area contributed by atoms with Crippen molar-refractivity contribution in [3.8, 4) is 22.3 Å². The molecule has 1 heterocycles. The van der Waals surface area contributed by atoms with Gasteiger partial charge in [-0.2, -0.15) is 0 Å². The maximum atomic E-state index is 14.0. The Labute approximate surface area is 267 Å². The first-order valence-corrected chi connectivity index (χ1v) is 16.0. The van der Waals surface area contributed by atoms with Crippen molar-refractivity contribution in [2.75, 3.05) is 4.90 Å². The molecule has 3 nitrogen and oxygen atoms in total. The van der Waals surface area contributed by atoms with E-state index in [0.717, 1.165) is 32.3 Å². The Balaban J connectivity index is 1.21. The number of nitrogens with zero attached hydrogens (tertiary/aromatic N) is 1. The molecule has 0 radical (unpaired) electrons. The van der Waals surface area contributed by atoms with Gasteiger partial charge in [-0.05, 0) is 117 Å². The maximum absolute atomic E-state index is 14.0. The molecule has 3 heteroatoms. The Morgan fingerprint density at radius 2 is 0.596 bits per heavy atom. The van der Waals surface area contributed by atoms with E-state index in [0.29, 0.717) is 16.8 Å². The number of amides is 2. The van der Waals surface area contributed by atoms with E-state index in [9.17, 15) is 9.59 Å². The number of hydrogen-bond donors (Lipinski definition) is 0. The highest BCUT2D eigenvalue weighted by Crippen LogP contribution is 2.54. The summed E-state index contributed by atoms with van der Waals surface area (Å²) in [4.78, 5) is 29.2. The summed E-state index contributed by atoms with van der Waals surface area (Å²) in [7, 11) is 0. The molecule has 0 fully saturated rings. The number of benzene rings is 10. The molecule has 0 atom stereocenters. The molecule has 1 aliphatic heterocycles. The molecule has 47 heavy (non-hydrogen) atoms. The SMILES string of the molecule is O=C1c2ccc3c4ccc5c6ccc7c8c(ccc(c9ccc(c%10ccc(c2c3%10)C(=O)N1c1ccccc1)c4c59)c86)-c1ccccc1-7. The Kier molecular flexibility index (Phi) is 4.03. The van der Waals surface area contributed by atoms with E-state index in [1.165, 1.54) is 70.2 Å². The summed E-state index contributed by atoms with van der Waals surface area (Å²) >= 11 is 0. The Bertz CT molecular complexity index is 2920. The van der Waals surface area contributed by atoms with Gasteiger partial charge in [0, 0.05) is 16.5 Å². The van der Waals surface area contributed by atoms with Gasteiger partial charge in [-0.15, -0.1) is 0 Å². The van der Waals surface area contributed by atoms with Crippen LogP contribution in [0.3, 0.4) is 0 Å². The van der Waals surface area contributed by atoms with Gasteiger partial charge in [-0.3, -0.25) is 9.59 Å². The molecule has 10 aromatic rings. The van der Waals surface area contributed by atoms with Crippen molar-refractivity contribution < 1.29 is 9.59 Å². The number of carbonyl (C=O) groups excluding carboxylic acids is 2. The third-order valence-electron chi connectivity index (χ3n) is 11.0. The van der Waals surface area contributed by atoms with Crippen LogP contribution in [0.2, 0.25) is 0 Å². The fraction of sp³-hybridized carbons (Fsp3) is 0. The van der Waals surface area contributed by atoms with Crippen molar-refractivity contribution in [1.29, 1.82) is 0 Å². The summed E-state index contributed by atoms with van der Waals surface area (Å²) < 4.78 is 0. The first kappa shape index (κ1) is 24.0. The fourth-order valence-electron chi connectivity index (χ4n) is 9.19. The van der Waals surface area contributed by atoms with Crippen molar-refractivity contribution in [3.63, 3.8) is 0 Å². The second-order valence-electron chi connectivity index (χ2n) is 13.0. The topological polar surface area (TPSA) is 37.4 Å². The molecular weight excluding hydrogens is 574 g/mol. The van der Waals surface area contributed by atoms with Crippen LogP contribution in [0.25, 0.3) is 97.7 Å². The van der Waals surface area contributed by atoms with Crippen molar-refractivity contribution >= 4 is 92.9 Å². The number of anilines is 1. The summed E-state index contributed by atoms with van der Waals surface area (Å²) in [6.07, 6.45) is 0. The van der Waals surface area contributed by atoms with E-state index >= 15 is 0 Å². The highest BCUT2D eigenvalue weighted by Gasteiger charge is 2.35. The Morgan fingerprint density at radius 1 is 0.277 bits per heavy atom. The second kappa shape index (κ2) is 7.90. The first-order chi connectivity index (χ1) is 23.2. The predicted molar refractivity (Wildman–Crippen MR) is 193 cm³/mol. The largest absolute Gasteiger partial charge is 0.268 e. The zero-order valence-electron chi connectivity index (χ0n) is 24.9. The Morgan fingerprint density at radius 3 is 1.02 bits per heavy atom. The summed E-state index contributed by atoms with van der Waals surface area (Å²) in [6, 6.07) is 44.3. The number of carbonyl (C=O) groups is 2. The third kappa shape index (κ3) is 2.62. The Hall–Kier alpha value is -6.32. The number of imide groups is 1. The highest BCUT2D eigenvalue weighted by atomic mass is 16.2. The minimum absolute atomic E-state index is 0.281. The van der Waals surface area contributed by atoms with Crippen molar-refractivity contribution in [1.82, 2.24) is 0 Å². The minimum atomic E-state index is -0.281. The number of hydrogen-bond acceptors (Lipinski definition) is 2. The van der Waals surface area contributed by atoms with Gasteiger partial charge in [0.1, 0.15) is 0 Å². The van der Waals surface area contributed by atoms with Gasteiger partial charge in [-0.1, -0.05) is 103 Å². The average molecular weight is 596 g/mol. The van der Waals surface area contributed by atoms with Crippen molar-refractivity contribution in [2.24, 2.45) is 0 Å². The lowest BCUT2D eigenvalue weighted by atomic mass is 9.81. The molecule has 0 aromatic heterocycles. The summed E-state index contributed by atoms with van der Waals surface area (Å²) in [5.41, 5.74) is 6.96. The maximum Gasteiger partial charge on any atom is 0.265 e. The number of rotatable bonds is 1. The van der Waals surface area contributed by atoms with Gasteiger partial charge in [0.2, 0.25) is 0 Å². The molecular formula is C44H21NO2. The van der Waals surface area contributed by atoms with Crippen LogP contribution in [0.5, 0.6) is 0 Å². The first-order valence-electron chi connectivity index (χ1n) is 16.0. The second-order valence-corrected chi connectivity index (χ2v) is 13.0. The number of fused-ring (bicyclic) bond motifs is 7. The van der Waals surface area contributed by atoms with Gasteiger partial charge in [-0.25, -0.2) is 4.90 Å². The van der Waals surface area contributed by atoms with E-state index in [2.05, 4.69) is 84.9 Å². The van der Waals surface area contributed by atoms with Crippen molar-refractivity contribution in [2.45, 2.75) is 0 Å². The molecule has 2 aliphatic rings. The standard InChI is InChI=1S/C44H21NO2/c46-43-35-20-18-33-31-16-14-29-27-12-10-25-23-8-4-5-9-24(23)26-11-13-28(38(27)37(25)26)30-15-17-32(40(31)39(29)30)34-19-21-36(42(35)41(33)34)44(47)45(43)22-6-2-1-3-7-22/h1-21H. The number of para-hydroxylation sites is 1. The monoisotopic (exact) mass is 595 g/mol. The zero-order valence-corrected chi connectivity index (χ0v) is 24.9. The zero-order chi connectivity index (χ0) is 30.7. The van der Waals surface area contributed by atoms with Crippen LogP contribution in [0, 0.1) is 0 Å². The van der Waals surface area contributed by atoms with Crippen LogP contribution in [0.1, 0.15) is 20.7 Å².